The SMILES string of the molecule is Cc1cc(C)c(C(O)C(=O)c2ccccc2)c(C)c1.O=P. The number of hydrogen-bond donors (Lipinski definition) is 1. The summed E-state index contributed by atoms with van der Waals surface area (Å²) in [7, 11) is 1.72. The number of carbonyl (C=O) groups is 1. The van der Waals surface area contributed by atoms with Gasteiger partial charge in [0.15, 0.2) is 5.78 Å². The van der Waals surface area contributed by atoms with Crippen LogP contribution in [0.25, 0.3) is 0 Å². The van der Waals surface area contributed by atoms with Crippen molar-refractivity contribution in [3.63, 3.8) is 0 Å². The quantitative estimate of drug-likeness (QED) is 0.688. The Morgan fingerprint density at radius 1 is 1.00 bits per heavy atom. The minimum absolute atomic E-state index is 0.254. The Labute approximate surface area is 127 Å². The Morgan fingerprint density at radius 3 is 1.95 bits per heavy atom. The minimum atomic E-state index is -1.09. The summed E-state index contributed by atoms with van der Waals surface area (Å²) in [6, 6.07) is 12.9. The number of rotatable bonds is 3. The highest BCUT2D eigenvalue weighted by atomic mass is 31.0. The van der Waals surface area contributed by atoms with Crippen LogP contribution in [-0.4, -0.2) is 10.9 Å². The topological polar surface area (TPSA) is 54.4 Å². The minimum Gasteiger partial charge on any atom is -0.380 e. The molecule has 2 rings (SSSR count). The van der Waals surface area contributed by atoms with E-state index >= 15 is 0 Å². The van der Waals surface area contributed by atoms with Crippen LogP contribution in [0.4, 0.5) is 0 Å². The fourth-order valence-electron chi connectivity index (χ4n) is 2.51. The molecule has 1 unspecified atom stereocenters. The molecular weight excluding hydrogens is 283 g/mol. The van der Waals surface area contributed by atoms with Gasteiger partial charge in [0.1, 0.15) is 15.2 Å². The standard InChI is InChI=1S/C17H18O2.HOP/c1-11-9-12(2)15(13(3)10-11)17(19)16(18)14-7-5-4-6-8-14;1-2/h4-10,17,19H,1-3H3;2H. The summed E-state index contributed by atoms with van der Waals surface area (Å²) in [5, 5.41) is 10.3. The van der Waals surface area contributed by atoms with Crippen molar-refractivity contribution in [2.75, 3.05) is 0 Å². The second-order valence-electron chi connectivity index (χ2n) is 4.95. The third-order valence-corrected chi connectivity index (χ3v) is 3.32. The van der Waals surface area contributed by atoms with E-state index < -0.39 is 6.10 Å². The summed E-state index contributed by atoms with van der Waals surface area (Å²) in [4.78, 5) is 12.3. The van der Waals surface area contributed by atoms with Gasteiger partial charge in [0, 0.05) is 5.56 Å². The van der Waals surface area contributed by atoms with Crippen molar-refractivity contribution in [2.45, 2.75) is 26.9 Å². The molecule has 2 aromatic rings. The molecule has 1 N–H and O–H groups in total. The molecule has 0 bridgehead atoms. The summed E-state index contributed by atoms with van der Waals surface area (Å²) in [6.07, 6.45) is -1.09. The molecule has 1 atom stereocenters. The molecule has 0 fully saturated rings. The van der Waals surface area contributed by atoms with E-state index in [2.05, 4.69) is 0 Å². The highest BCUT2D eigenvalue weighted by Crippen LogP contribution is 2.26. The Balaban J connectivity index is 0.00000106. The third-order valence-electron chi connectivity index (χ3n) is 3.32. The van der Waals surface area contributed by atoms with Crippen LogP contribution in [0.2, 0.25) is 0 Å². The van der Waals surface area contributed by atoms with Crippen molar-refractivity contribution >= 4 is 14.9 Å². The van der Waals surface area contributed by atoms with Crippen LogP contribution >= 0.6 is 9.12 Å². The monoisotopic (exact) mass is 302 g/mol. The predicted molar refractivity (Wildman–Crippen MR) is 85.4 cm³/mol. The summed E-state index contributed by atoms with van der Waals surface area (Å²) in [6.45, 7) is 5.86. The molecule has 21 heavy (non-hydrogen) atoms. The molecule has 0 saturated heterocycles. The van der Waals surface area contributed by atoms with Crippen LogP contribution in [0.3, 0.4) is 0 Å². The molecule has 0 aromatic heterocycles. The predicted octanol–water partition coefficient (Wildman–Crippen LogP) is 4.00. The van der Waals surface area contributed by atoms with E-state index in [9.17, 15) is 9.90 Å². The van der Waals surface area contributed by atoms with Gasteiger partial charge < -0.3 is 5.11 Å². The van der Waals surface area contributed by atoms with Crippen LogP contribution in [-0.2, 0) is 4.57 Å². The van der Waals surface area contributed by atoms with Crippen molar-refractivity contribution in [1.82, 2.24) is 0 Å². The molecule has 0 radical (unpaired) electrons. The van der Waals surface area contributed by atoms with Gasteiger partial charge >= 0.3 is 0 Å². The Hall–Kier alpha value is -1.83. The number of hydrogen-bond acceptors (Lipinski definition) is 3. The number of aryl methyl sites for hydroxylation is 3. The van der Waals surface area contributed by atoms with Gasteiger partial charge in [0.2, 0.25) is 0 Å². The van der Waals surface area contributed by atoms with E-state index in [1.807, 2.05) is 39.0 Å². The summed E-state index contributed by atoms with van der Waals surface area (Å²) >= 11 is 0. The summed E-state index contributed by atoms with van der Waals surface area (Å²) < 4.78 is 8.06. The maximum absolute atomic E-state index is 12.3. The van der Waals surface area contributed by atoms with Crippen molar-refractivity contribution in [2.24, 2.45) is 0 Å². The van der Waals surface area contributed by atoms with Gasteiger partial charge in [-0.05, 0) is 37.5 Å². The smallest absolute Gasteiger partial charge is 0.195 e. The van der Waals surface area contributed by atoms with Crippen LogP contribution in [0.15, 0.2) is 42.5 Å². The van der Waals surface area contributed by atoms with Crippen molar-refractivity contribution < 1.29 is 14.5 Å². The number of aliphatic hydroxyl groups is 1. The normalized spacial score (nSPS) is 11.2. The number of aliphatic hydroxyl groups excluding tert-OH is 1. The molecule has 4 heteroatoms. The van der Waals surface area contributed by atoms with E-state index in [-0.39, 0.29) is 5.78 Å². The zero-order chi connectivity index (χ0) is 16.0. The van der Waals surface area contributed by atoms with E-state index in [4.69, 9.17) is 4.57 Å². The first-order valence-electron chi connectivity index (χ1n) is 6.56. The zero-order valence-corrected chi connectivity index (χ0v) is 13.4. The number of ketones is 1. The Bertz CT molecular complexity index is 600. The van der Waals surface area contributed by atoms with Crippen molar-refractivity contribution in [3.05, 3.63) is 70.3 Å². The molecule has 3 nitrogen and oxygen atoms in total. The maximum Gasteiger partial charge on any atom is 0.195 e. The summed E-state index contributed by atoms with van der Waals surface area (Å²) in [5.74, 6) is -0.254. The lowest BCUT2D eigenvalue weighted by Crippen LogP contribution is -2.15. The van der Waals surface area contributed by atoms with E-state index in [1.165, 1.54) is 0 Å². The van der Waals surface area contributed by atoms with E-state index in [0.717, 1.165) is 22.3 Å². The van der Waals surface area contributed by atoms with Crippen LogP contribution in [0, 0.1) is 20.8 Å². The number of benzene rings is 2. The fraction of sp³-hybridized carbons (Fsp3) is 0.235. The highest BCUT2D eigenvalue weighted by Gasteiger charge is 2.22. The molecular formula is C17H19O3P. The van der Waals surface area contributed by atoms with Gasteiger partial charge in [-0.25, -0.2) is 0 Å². The Kier molecular flexibility index (Phi) is 6.41. The lowest BCUT2D eigenvalue weighted by atomic mass is 9.91. The van der Waals surface area contributed by atoms with Crippen molar-refractivity contribution in [1.29, 1.82) is 0 Å². The molecule has 2 aromatic carbocycles. The maximum atomic E-state index is 12.3. The first-order valence-corrected chi connectivity index (χ1v) is 6.97. The average molecular weight is 302 g/mol. The van der Waals surface area contributed by atoms with E-state index in [0.29, 0.717) is 5.56 Å². The molecule has 0 aliphatic rings. The van der Waals surface area contributed by atoms with Crippen LogP contribution in [0.5, 0.6) is 0 Å². The lowest BCUT2D eigenvalue weighted by molar-refractivity contribution is 0.0745. The van der Waals surface area contributed by atoms with Gasteiger partial charge in [0.05, 0.1) is 0 Å². The molecule has 0 aliphatic heterocycles. The molecule has 0 amide bonds. The van der Waals surface area contributed by atoms with Crippen LogP contribution < -0.4 is 0 Å². The molecule has 110 valence electrons. The second kappa shape index (κ2) is 7.82. The molecule has 0 saturated carbocycles. The van der Waals surface area contributed by atoms with Gasteiger partial charge in [-0.2, -0.15) is 0 Å². The average Bonchev–Trinajstić information content (AvgIpc) is 2.48. The van der Waals surface area contributed by atoms with Gasteiger partial charge in [-0.15, -0.1) is 0 Å². The second-order valence-corrected chi connectivity index (χ2v) is 4.95. The van der Waals surface area contributed by atoms with Gasteiger partial charge in [-0.3, -0.25) is 9.36 Å². The van der Waals surface area contributed by atoms with Gasteiger partial charge in [-0.1, -0.05) is 48.0 Å². The third kappa shape index (κ3) is 4.07. The lowest BCUT2D eigenvalue weighted by Gasteiger charge is -2.16. The van der Waals surface area contributed by atoms with Crippen LogP contribution in [0.1, 0.15) is 38.7 Å². The number of Topliss-reactive ketones (excluding diaryl/α,β-unsaturated/α-hetero) is 1. The summed E-state index contributed by atoms with van der Waals surface area (Å²) in [5.41, 5.74) is 4.30. The van der Waals surface area contributed by atoms with Gasteiger partial charge in [0.25, 0.3) is 0 Å². The fourth-order valence-corrected chi connectivity index (χ4v) is 2.51. The zero-order valence-electron chi connectivity index (χ0n) is 12.4. The largest absolute Gasteiger partial charge is 0.380 e. The first-order chi connectivity index (χ1) is 10.0. The number of carbonyl (C=O) groups excluding carboxylic acids is 1. The van der Waals surface area contributed by atoms with Crippen molar-refractivity contribution in [3.8, 4) is 0 Å². The molecule has 0 heterocycles. The molecule has 0 aliphatic carbocycles. The highest BCUT2D eigenvalue weighted by molar-refractivity contribution is 7.00. The first kappa shape index (κ1) is 17.2. The van der Waals surface area contributed by atoms with E-state index in [1.54, 1.807) is 33.4 Å². The molecule has 0 spiro atoms. The Morgan fingerprint density at radius 2 is 1.48 bits per heavy atom.